The van der Waals surface area contributed by atoms with Crippen molar-refractivity contribution in [2.75, 3.05) is 7.11 Å². The second-order valence-corrected chi connectivity index (χ2v) is 4.13. The van der Waals surface area contributed by atoms with E-state index < -0.39 is 0 Å². The molecule has 3 aromatic rings. The van der Waals surface area contributed by atoms with Crippen molar-refractivity contribution in [3.63, 3.8) is 0 Å². The molecule has 19 heavy (non-hydrogen) atoms. The summed E-state index contributed by atoms with van der Waals surface area (Å²) in [5.74, 6) is 0.718. The van der Waals surface area contributed by atoms with Crippen LogP contribution in [0.1, 0.15) is 5.56 Å². The van der Waals surface area contributed by atoms with Crippen molar-refractivity contribution in [1.29, 1.82) is 0 Å². The summed E-state index contributed by atoms with van der Waals surface area (Å²) >= 11 is 0. The van der Waals surface area contributed by atoms with Gasteiger partial charge in [-0.25, -0.2) is 4.98 Å². The summed E-state index contributed by atoms with van der Waals surface area (Å²) in [6.45, 7) is 4.00. The molecule has 3 rings (SSSR count). The van der Waals surface area contributed by atoms with Gasteiger partial charge in [0, 0.05) is 11.1 Å². The van der Waals surface area contributed by atoms with E-state index in [1.54, 1.807) is 7.11 Å². The Kier molecular flexibility index (Phi) is 2.59. The van der Waals surface area contributed by atoms with E-state index in [-0.39, 0.29) is 5.56 Å². The van der Waals surface area contributed by atoms with E-state index in [4.69, 9.17) is 4.74 Å². The van der Waals surface area contributed by atoms with Gasteiger partial charge < -0.3 is 14.7 Å². The highest BCUT2D eigenvalue weighted by Gasteiger charge is 2.15. The van der Waals surface area contributed by atoms with Crippen LogP contribution in [0.25, 0.3) is 22.3 Å². The second-order valence-electron chi connectivity index (χ2n) is 4.13. The molecule has 2 heterocycles. The molecule has 0 amide bonds. The van der Waals surface area contributed by atoms with Gasteiger partial charge in [0.1, 0.15) is 11.3 Å². The van der Waals surface area contributed by atoms with E-state index in [0.29, 0.717) is 16.6 Å². The molecule has 0 aliphatic carbocycles. The number of H-pyrrole nitrogens is 2. The van der Waals surface area contributed by atoms with E-state index >= 15 is 0 Å². The van der Waals surface area contributed by atoms with Gasteiger partial charge in [-0.1, -0.05) is 12.1 Å². The lowest BCUT2D eigenvalue weighted by Crippen LogP contribution is -2.05. The minimum atomic E-state index is -0.212. The lowest BCUT2D eigenvalue weighted by Gasteiger charge is -2.07. The largest absolute Gasteiger partial charge is 0.496 e. The number of hydrogen-bond donors (Lipinski definition) is 2. The third kappa shape index (κ3) is 1.71. The summed E-state index contributed by atoms with van der Waals surface area (Å²) in [6, 6.07) is 7.56. The van der Waals surface area contributed by atoms with Crippen molar-refractivity contribution in [2.45, 2.75) is 0 Å². The molecule has 2 N–H and O–H groups in total. The van der Waals surface area contributed by atoms with Crippen molar-refractivity contribution < 1.29 is 4.74 Å². The fourth-order valence-corrected chi connectivity index (χ4v) is 2.14. The zero-order valence-corrected chi connectivity index (χ0v) is 10.4. The van der Waals surface area contributed by atoms with E-state index in [0.717, 1.165) is 17.0 Å². The highest BCUT2D eigenvalue weighted by Crippen LogP contribution is 2.33. The molecule has 0 bridgehead atoms. The summed E-state index contributed by atoms with van der Waals surface area (Å²) in [4.78, 5) is 21.5. The Morgan fingerprint density at radius 1 is 1.32 bits per heavy atom. The Bertz CT molecular complexity index is 802. The number of fused-ring (bicyclic) bond motifs is 1. The lowest BCUT2D eigenvalue weighted by atomic mass is 10.1. The molecular weight excluding hydrogens is 242 g/mol. The molecule has 0 saturated carbocycles. The van der Waals surface area contributed by atoms with Crippen LogP contribution in [0.15, 0.2) is 35.4 Å². The van der Waals surface area contributed by atoms with Crippen LogP contribution in [0.3, 0.4) is 0 Å². The number of methoxy groups -OCH3 is 1. The first-order valence-corrected chi connectivity index (χ1v) is 5.77. The van der Waals surface area contributed by atoms with Crippen molar-refractivity contribution >= 4 is 11.0 Å². The third-order valence-electron chi connectivity index (χ3n) is 3.07. The third-order valence-corrected chi connectivity index (χ3v) is 3.07. The Hall–Kier alpha value is -2.56. The molecule has 0 unspecified atom stereocenters. The van der Waals surface area contributed by atoms with Crippen LogP contribution in [0.4, 0.5) is 0 Å². The Morgan fingerprint density at radius 2 is 2.11 bits per heavy atom. The molecule has 5 nitrogen and oxygen atoms in total. The van der Waals surface area contributed by atoms with Crippen LogP contribution in [0, 0.1) is 6.92 Å². The first-order chi connectivity index (χ1) is 9.22. The van der Waals surface area contributed by atoms with Gasteiger partial charge in [0.25, 0.3) is 5.56 Å². The van der Waals surface area contributed by atoms with Gasteiger partial charge in [-0.15, -0.1) is 0 Å². The molecule has 0 aliphatic heterocycles. The Morgan fingerprint density at radius 3 is 2.84 bits per heavy atom. The summed E-state index contributed by atoms with van der Waals surface area (Å²) in [5.41, 5.74) is 3.07. The summed E-state index contributed by atoms with van der Waals surface area (Å²) < 4.78 is 5.33. The highest BCUT2D eigenvalue weighted by molar-refractivity contribution is 5.89. The number of benzene rings is 1. The van der Waals surface area contributed by atoms with Crippen LogP contribution in [-0.4, -0.2) is 22.1 Å². The standard InChI is InChI=1S/C14H12N3O2/c1-8-11(9-5-3-4-6-10(9)19-2)17-13-12(8)15-7-16-14(13)18/h3-7,17H,1H2,2H3,(H,15,16,18). The summed E-state index contributed by atoms with van der Waals surface area (Å²) in [7, 11) is 1.61. The molecule has 95 valence electrons. The van der Waals surface area contributed by atoms with Gasteiger partial charge in [-0.3, -0.25) is 4.79 Å². The molecule has 0 spiro atoms. The molecule has 0 atom stereocenters. The monoisotopic (exact) mass is 254 g/mol. The fraction of sp³-hybridized carbons (Fsp3) is 0.0714. The smallest absolute Gasteiger partial charge is 0.275 e. The maximum absolute atomic E-state index is 11.7. The lowest BCUT2D eigenvalue weighted by molar-refractivity contribution is 0.416. The Balaban J connectivity index is 2.35. The number of rotatable bonds is 2. The molecule has 0 fully saturated rings. The number of nitrogens with zero attached hydrogens (tertiary/aromatic N) is 1. The quantitative estimate of drug-likeness (QED) is 0.735. The minimum Gasteiger partial charge on any atom is -0.496 e. The fourth-order valence-electron chi connectivity index (χ4n) is 2.14. The number of aromatic amines is 2. The van der Waals surface area contributed by atoms with E-state index in [9.17, 15) is 4.79 Å². The first kappa shape index (κ1) is 11.5. The molecule has 0 saturated heterocycles. The predicted octanol–water partition coefficient (Wildman–Crippen LogP) is 2.11. The van der Waals surface area contributed by atoms with Crippen molar-refractivity contribution in [2.24, 2.45) is 0 Å². The molecule has 1 aromatic carbocycles. The van der Waals surface area contributed by atoms with Gasteiger partial charge in [0.05, 0.1) is 24.6 Å². The maximum Gasteiger partial charge on any atom is 0.275 e. The topological polar surface area (TPSA) is 70.8 Å². The van der Waals surface area contributed by atoms with Crippen molar-refractivity contribution in [3.05, 3.63) is 53.4 Å². The number of para-hydroxylation sites is 1. The average Bonchev–Trinajstić information content (AvgIpc) is 2.78. The van der Waals surface area contributed by atoms with Crippen LogP contribution >= 0.6 is 0 Å². The van der Waals surface area contributed by atoms with Crippen LogP contribution in [0.5, 0.6) is 5.75 Å². The Labute approximate surface area is 109 Å². The summed E-state index contributed by atoms with van der Waals surface area (Å²) in [6.07, 6.45) is 1.37. The number of aromatic nitrogens is 3. The van der Waals surface area contributed by atoms with Gasteiger partial charge >= 0.3 is 0 Å². The zero-order valence-electron chi connectivity index (χ0n) is 10.4. The van der Waals surface area contributed by atoms with Gasteiger partial charge in [-0.05, 0) is 19.1 Å². The molecule has 1 radical (unpaired) electrons. The number of nitrogens with one attached hydrogen (secondary N) is 2. The molecular formula is C14H12N3O2. The molecule has 5 heteroatoms. The predicted molar refractivity (Wildman–Crippen MR) is 73.2 cm³/mol. The van der Waals surface area contributed by atoms with E-state index in [1.165, 1.54) is 6.33 Å². The number of ether oxygens (including phenoxy) is 1. The van der Waals surface area contributed by atoms with Gasteiger partial charge in [0.2, 0.25) is 0 Å². The van der Waals surface area contributed by atoms with Gasteiger partial charge in [-0.2, -0.15) is 0 Å². The van der Waals surface area contributed by atoms with Crippen LogP contribution in [-0.2, 0) is 0 Å². The van der Waals surface area contributed by atoms with Gasteiger partial charge in [0.15, 0.2) is 0 Å². The second kappa shape index (κ2) is 4.28. The minimum absolute atomic E-state index is 0.212. The summed E-state index contributed by atoms with van der Waals surface area (Å²) in [5, 5.41) is 0. The van der Waals surface area contributed by atoms with Crippen molar-refractivity contribution in [1.82, 2.24) is 15.0 Å². The average molecular weight is 254 g/mol. The molecule has 0 aliphatic rings. The number of hydrogen-bond acceptors (Lipinski definition) is 3. The van der Waals surface area contributed by atoms with E-state index in [1.807, 2.05) is 24.3 Å². The highest BCUT2D eigenvalue weighted by atomic mass is 16.5. The molecule has 2 aromatic heterocycles. The van der Waals surface area contributed by atoms with Crippen molar-refractivity contribution in [3.8, 4) is 17.0 Å². The maximum atomic E-state index is 11.7. The zero-order chi connectivity index (χ0) is 13.4. The SMILES string of the molecule is [CH2]c1c(-c2ccccc2OC)[nH]c2c(=O)[nH]cnc12. The van der Waals surface area contributed by atoms with E-state index in [2.05, 4.69) is 21.9 Å². The van der Waals surface area contributed by atoms with Crippen LogP contribution < -0.4 is 10.3 Å². The first-order valence-electron chi connectivity index (χ1n) is 5.77. The van der Waals surface area contributed by atoms with Crippen LogP contribution in [0.2, 0.25) is 0 Å². The normalized spacial score (nSPS) is 10.8.